The molecular weight excluding hydrogens is 217 g/mol. The summed E-state index contributed by atoms with van der Waals surface area (Å²) in [6.45, 7) is 1.47. The molecule has 5 nitrogen and oxygen atoms in total. The first-order valence-corrected chi connectivity index (χ1v) is 4.54. The molecule has 80 valence electrons. The zero-order valence-electron chi connectivity index (χ0n) is 7.46. The maximum absolute atomic E-state index is 13.5. The van der Waals surface area contributed by atoms with E-state index in [1.165, 1.54) is 6.92 Å². The lowest BCUT2D eigenvalue weighted by Gasteiger charge is -2.09. The minimum absolute atomic E-state index is 0.0210. The van der Waals surface area contributed by atoms with Crippen LogP contribution in [0.4, 0.5) is 4.39 Å². The zero-order valence-corrected chi connectivity index (χ0v) is 8.21. The summed E-state index contributed by atoms with van der Waals surface area (Å²) in [4.78, 5) is 20.8. The van der Waals surface area contributed by atoms with Gasteiger partial charge < -0.3 is 4.74 Å². The van der Waals surface area contributed by atoms with E-state index in [0.717, 1.165) is 0 Å². The Hall–Kier alpha value is -0.910. The molecule has 0 amide bonds. The SMILES string of the molecule is CCOC(=O)C1([N+](=O)[O-])CC1(F)CCl. The maximum atomic E-state index is 13.5. The highest BCUT2D eigenvalue weighted by Gasteiger charge is 2.86. The molecule has 2 atom stereocenters. The Morgan fingerprint density at radius 3 is 2.64 bits per heavy atom. The van der Waals surface area contributed by atoms with Crippen molar-refractivity contribution in [2.45, 2.75) is 24.6 Å². The van der Waals surface area contributed by atoms with Crippen LogP contribution in [-0.2, 0) is 9.53 Å². The van der Waals surface area contributed by atoms with Crippen molar-refractivity contribution in [3.8, 4) is 0 Å². The van der Waals surface area contributed by atoms with Gasteiger partial charge in [0.2, 0.25) is 5.67 Å². The van der Waals surface area contributed by atoms with Crippen molar-refractivity contribution in [3.63, 3.8) is 0 Å². The molecule has 0 heterocycles. The highest BCUT2D eigenvalue weighted by atomic mass is 35.5. The van der Waals surface area contributed by atoms with Crippen LogP contribution in [0, 0.1) is 10.1 Å². The Morgan fingerprint density at radius 1 is 1.79 bits per heavy atom. The molecule has 7 heteroatoms. The predicted octanol–water partition coefficient (Wildman–Crippen LogP) is 0.916. The van der Waals surface area contributed by atoms with Gasteiger partial charge >= 0.3 is 11.5 Å². The van der Waals surface area contributed by atoms with Crippen LogP contribution in [-0.4, -0.2) is 34.6 Å². The Balaban J connectivity index is 2.89. The lowest BCUT2D eigenvalue weighted by Crippen LogP contribution is -2.41. The number of ether oxygens (including phenoxy) is 1. The van der Waals surface area contributed by atoms with Gasteiger partial charge in [-0.05, 0) is 6.92 Å². The van der Waals surface area contributed by atoms with E-state index < -0.39 is 34.4 Å². The summed E-state index contributed by atoms with van der Waals surface area (Å²) in [6, 6.07) is 0. The third kappa shape index (κ3) is 1.25. The third-order valence-corrected chi connectivity index (χ3v) is 2.71. The van der Waals surface area contributed by atoms with Crippen LogP contribution in [0.25, 0.3) is 0 Å². The summed E-state index contributed by atoms with van der Waals surface area (Å²) in [5, 5.41) is 10.6. The van der Waals surface area contributed by atoms with Gasteiger partial charge in [-0.1, -0.05) is 0 Å². The first-order chi connectivity index (χ1) is 6.44. The predicted molar refractivity (Wildman–Crippen MR) is 45.5 cm³/mol. The lowest BCUT2D eigenvalue weighted by molar-refractivity contribution is -0.532. The summed E-state index contributed by atoms with van der Waals surface area (Å²) in [6.07, 6.45) is -0.505. The standard InChI is InChI=1S/C7H9ClFNO4/c1-2-14-5(11)7(10(12)13)3-6(7,9)4-8/h2-4H2,1H3. The average Bonchev–Trinajstić information content (AvgIpc) is 2.75. The van der Waals surface area contributed by atoms with Crippen molar-refractivity contribution in [3.05, 3.63) is 10.1 Å². The van der Waals surface area contributed by atoms with Crippen molar-refractivity contribution in [2.75, 3.05) is 12.5 Å². The Kier molecular flexibility index (Phi) is 2.67. The van der Waals surface area contributed by atoms with E-state index in [1.807, 2.05) is 0 Å². The third-order valence-electron chi connectivity index (χ3n) is 2.29. The summed E-state index contributed by atoms with van der Waals surface area (Å²) < 4.78 is 17.9. The van der Waals surface area contributed by atoms with Crippen LogP contribution in [0.5, 0.6) is 0 Å². The van der Waals surface area contributed by atoms with Gasteiger partial charge in [-0.2, -0.15) is 0 Å². The van der Waals surface area contributed by atoms with E-state index in [4.69, 9.17) is 11.6 Å². The summed E-state index contributed by atoms with van der Waals surface area (Å²) in [7, 11) is 0. The second-order valence-electron chi connectivity index (χ2n) is 3.11. The Bertz CT molecular complexity index is 287. The van der Waals surface area contributed by atoms with Gasteiger partial charge in [-0.3, -0.25) is 10.1 Å². The number of alkyl halides is 2. The number of rotatable bonds is 4. The smallest absolute Gasteiger partial charge is 0.388 e. The topological polar surface area (TPSA) is 69.4 Å². The quantitative estimate of drug-likeness (QED) is 0.309. The Morgan fingerprint density at radius 2 is 2.36 bits per heavy atom. The van der Waals surface area contributed by atoms with Crippen molar-refractivity contribution in [2.24, 2.45) is 0 Å². The number of nitrogens with zero attached hydrogens (tertiary/aromatic N) is 1. The van der Waals surface area contributed by atoms with Crippen LogP contribution in [0.1, 0.15) is 13.3 Å². The molecule has 2 unspecified atom stereocenters. The van der Waals surface area contributed by atoms with Gasteiger partial charge in [0.25, 0.3) is 0 Å². The minimum atomic E-state index is -2.27. The highest BCUT2D eigenvalue weighted by Crippen LogP contribution is 2.55. The molecule has 14 heavy (non-hydrogen) atoms. The monoisotopic (exact) mass is 225 g/mol. The molecule has 1 aliphatic rings. The minimum Gasteiger partial charge on any atom is -0.461 e. The molecule has 0 radical (unpaired) electrons. The second kappa shape index (κ2) is 3.34. The van der Waals surface area contributed by atoms with E-state index in [1.54, 1.807) is 0 Å². The van der Waals surface area contributed by atoms with E-state index in [0.29, 0.717) is 0 Å². The lowest BCUT2D eigenvalue weighted by atomic mass is 10.2. The molecular formula is C7H9ClFNO4. The maximum Gasteiger partial charge on any atom is 0.388 e. The number of carbonyl (C=O) groups excluding carboxylic acids is 1. The number of carbonyl (C=O) groups is 1. The van der Waals surface area contributed by atoms with Crippen LogP contribution in [0.3, 0.4) is 0 Å². The normalized spacial score (nSPS) is 35.1. The molecule has 1 aliphatic carbocycles. The number of esters is 1. The summed E-state index contributed by atoms with van der Waals surface area (Å²) >= 11 is 5.23. The van der Waals surface area contributed by atoms with E-state index in [2.05, 4.69) is 4.74 Å². The van der Waals surface area contributed by atoms with Gasteiger partial charge in [0.05, 0.1) is 18.9 Å². The molecule has 1 fully saturated rings. The van der Waals surface area contributed by atoms with Crippen LogP contribution in [0.2, 0.25) is 0 Å². The largest absolute Gasteiger partial charge is 0.461 e. The van der Waals surface area contributed by atoms with E-state index >= 15 is 0 Å². The van der Waals surface area contributed by atoms with Crippen molar-refractivity contribution in [1.82, 2.24) is 0 Å². The van der Waals surface area contributed by atoms with Gasteiger partial charge in [0.1, 0.15) is 0 Å². The van der Waals surface area contributed by atoms with Crippen LogP contribution >= 0.6 is 11.6 Å². The molecule has 0 aliphatic heterocycles. The fourth-order valence-corrected chi connectivity index (χ4v) is 1.64. The first kappa shape index (κ1) is 11.2. The number of hydrogen-bond donors (Lipinski definition) is 0. The molecule has 0 spiro atoms. The molecule has 1 rings (SSSR count). The highest BCUT2D eigenvalue weighted by molar-refractivity contribution is 6.19. The van der Waals surface area contributed by atoms with Crippen LogP contribution < -0.4 is 0 Å². The zero-order chi connectivity index (χ0) is 11.0. The van der Waals surface area contributed by atoms with Gasteiger partial charge in [0, 0.05) is 4.92 Å². The number of halogens is 2. The first-order valence-electron chi connectivity index (χ1n) is 4.01. The van der Waals surface area contributed by atoms with Crippen molar-refractivity contribution < 1.29 is 18.8 Å². The fraction of sp³-hybridized carbons (Fsp3) is 0.857. The second-order valence-corrected chi connectivity index (χ2v) is 3.38. The van der Waals surface area contributed by atoms with Crippen molar-refractivity contribution in [1.29, 1.82) is 0 Å². The molecule has 0 aromatic heterocycles. The average molecular weight is 226 g/mol. The summed E-state index contributed by atoms with van der Waals surface area (Å²) in [5.74, 6) is -1.72. The van der Waals surface area contributed by atoms with Gasteiger partial charge in [-0.25, -0.2) is 9.18 Å². The van der Waals surface area contributed by atoms with Gasteiger partial charge in [0.15, 0.2) is 0 Å². The molecule has 0 saturated heterocycles. The van der Waals surface area contributed by atoms with Gasteiger partial charge in [-0.15, -0.1) is 11.6 Å². The van der Waals surface area contributed by atoms with E-state index in [9.17, 15) is 19.3 Å². The molecule has 0 aromatic rings. The molecule has 0 N–H and O–H groups in total. The summed E-state index contributed by atoms with van der Waals surface area (Å²) in [5.41, 5.74) is -4.53. The van der Waals surface area contributed by atoms with Crippen molar-refractivity contribution >= 4 is 17.6 Å². The molecule has 1 saturated carbocycles. The number of hydrogen-bond acceptors (Lipinski definition) is 4. The van der Waals surface area contributed by atoms with E-state index in [-0.39, 0.29) is 6.61 Å². The molecule has 0 aromatic carbocycles. The number of nitro groups is 1. The van der Waals surface area contributed by atoms with Crippen LogP contribution in [0.15, 0.2) is 0 Å². The Labute approximate surface area is 84.3 Å². The fourth-order valence-electron chi connectivity index (χ4n) is 1.33. The molecule has 0 bridgehead atoms.